The Morgan fingerprint density at radius 1 is 1.48 bits per heavy atom. The minimum Gasteiger partial charge on any atom is -0.547 e. The molecule has 11 nitrogen and oxygen atoms in total. The fourth-order valence-electron chi connectivity index (χ4n) is 3.68. The van der Waals surface area contributed by atoms with E-state index < -0.39 is 57.0 Å². The number of fused-ring (bicyclic) bond motifs is 1. The Hall–Kier alpha value is -2.18. The molecule has 0 aromatic heterocycles. The van der Waals surface area contributed by atoms with Gasteiger partial charge in [-0.05, 0) is 6.42 Å². The number of aliphatic hydroxyl groups is 1. The summed E-state index contributed by atoms with van der Waals surface area (Å²) >= 11 is 0. The van der Waals surface area contributed by atoms with Crippen molar-refractivity contribution in [2.75, 3.05) is 19.3 Å². The summed E-state index contributed by atoms with van der Waals surface area (Å²) < 4.78 is 22.1. The van der Waals surface area contributed by atoms with E-state index in [9.17, 15) is 33.0 Å². The number of primary amides is 1. The van der Waals surface area contributed by atoms with Crippen LogP contribution in [0.2, 0.25) is 0 Å². The standard InChI is InChI=1S/C13H20N4O7S/c1-17-3-7(11(14)20)6-2-9(18)13(12(21)22,8(6)4-17)16-10(19)5-25(15,23)24/h3,6,8-9,18H,2,4-5H2,1H3,(H2,14,20)(H,16,19)(H,21,22)(H2,15,23,24)/p-1/t6-,8+,9-,13+/m0/s1. The molecule has 12 heteroatoms. The molecule has 0 spiro atoms. The third kappa shape index (κ3) is 3.45. The highest BCUT2D eigenvalue weighted by Gasteiger charge is 2.59. The number of carbonyl (C=O) groups is 3. The van der Waals surface area contributed by atoms with E-state index in [2.05, 4.69) is 5.32 Å². The lowest BCUT2D eigenvalue weighted by atomic mass is 9.77. The summed E-state index contributed by atoms with van der Waals surface area (Å²) in [6, 6.07) is 0. The second-order valence-electron chi connectivity index (χ2n) is 6.36. The quantitative estimate of drug-likeness (QED) is 0.367. The predicted octanol–water partition coefficient (Wildman–Crippen LogP) is -4.81. The van der Waals surface area contributed by atoms with E-state index in [0.717, 1.165) is 0 Å². The van der Waals surface area contributed by atoms with E-state index in [1.54, 1.807) is 7.05 Å². The maximum atomic E-state index is 11.9. The third-order valence-corrected chi connectivity index (χ3v) is 5.28. The van der Waals surface area contributed by atoms with Crippen molar-refractivity contribution in [1.29, 1.82) is 0 Å². The molecule has 2 rings (SSSR count). The second kappa shape index (κ2) is 6.28. The lowest BCUT2D eigenvalue weighted by Gasteiger charge is -2.44. The molecule has 0 saturated heterocycles. The summed E-state index contributed by atoms with van der Waals surface area (Å²) in [5.41, 5.74) is 3.16. The van der Waals surface area contributed by atoms with Gasteiger partial charge < -0.3 is 31.0 Å². The van der Waals surface area contributed by atoms with Crippen molar-refractivity contribution in [3.63, 3.8) is 0 Å². The number of sulfonamides is 1. The summed E-state index contributed by atoms with van der Waals surface area (Å²) in [7, 11) is -2.64. The number of nitrogens with zero attached hydrogens (tertiary/aromatic N) is 1. The second-order valence-corrected chi connectivity index (χ2v) is 7.98. The van der Waals surface area contributed by atoms with E-state index in [1.807, 2.05) is 0 Å². The van der Waals surface area contributed by atoms with Crippen LogP contribution < -0.4 is 21.3 Å². The maximum absolute atomic E-state index is 11.9. The highest BCUT2D eigenvalue weighted by atomic mass is 32.2. The van der Waals surface area contributed by atoms with Gasteiger partial charge in [0.2, 0.25) is 21.8 Å². The molecule has 4 atom stereocenters. The number of hydrogen-bond donors (Lipinski definition) is 4. The van der Waals surface area contributed by atoms with Crippen LogP contribution in [0.4, 0.5) is 0 Å². The minimum atomic E-state index is -4.20. The summed E-state index contributed by atoms with van der Waals surface area (Å²) in [6.07, 6.45) is -0.309. The maximum Gasteiger partial charge on any atom is 0.246 e. The first-order valence-corrected chi connectivity index (χ1v) is 9.02. The van der Waals surface area contributed by atoms with Gasteiger partial charge in [0, 0.05) is 37.2 Å². The van der Waals surface area contributed by atoms with Crippen LogP contribution in [0.3, 0.4) is 0 Å². The Kier molecular flexibility index (Phi) is 4.81. The van der Waals surface area contributed by atoms with Gasteiger partial charge in [0.15, 0.2) is 0 Å². The van der Waals surface area contributed by atoms with Gasteiger partial charge in [-0.1, -0.05) is 0 Å². The molecule has 1 fully saturated rings. The zero-order chi connectivity index (χ0) is 19.2. The fraction of sp³-hybridized carbons (Fsp3) is 0.615. The van der Waals surface area contributed by atoms with Crippen LogP contribution in [0.5, 0.6) is 0 Å². The summed E-state index contributed by atoms with van der Waals surface area (Å²) in [4.78, 5) is 36.9. The van der Waals surface area contributed by atoms with E-state index in [1.165, 1.54) is 11.1 Å². The van der Waals surface area contributed by atoms with Gasteiger partial charge >= 0.3 is 0 Å². The van der Waals surface area contributed by atoms with E-state index in [-0.39, 0.29) is 18.5 Å². The van der Waals surface area contributed by atoms with E-state index in [4.69, 9.17) is 10.9 Å². The van der Waals surface area contributed by atoms with Crippen LogP contribution in [0.15, 0.2) is 11.8 Å². The first-order valence-electron chi connectivity index (χ1n) is 7.31. The molecule has 1 saturated carbocycles. The van der Waals surface area contributed by atoms with Crippen molar-refractivity contribution in [3.8, 4) is 0 Å². The smallest absolute Gasteiger partial charge is 0.246 e. The Morgan fingerprint density at radius 2 is 2.08 bits per heavy atom. The van der Waals surface area contributed by atoms with Crippen LogP contribution in [0.25, 0.3) is 0 Å². The van der Waals surface area contributed by atoms with Crippen LogP contribution in [-0.4, -0.2) is 67.2 Å². The molecule has 0 unspecified atom stereocenters. The van der Waals surface area contributed by atoms with Crippen molar-refractivity contribution in [2.45, 2.75) is 18.1 Å². The van der Waals surface area contributed by atoms with Crippen molar-refractivity contribution in [3.05, 3.63) is 11.8 Å². The van der Waals surface area contributed by atoms with E-state index in [0.29, 0.717) is 0 Å². The highest BCUT2D eigenvalue weighted by molar-refractivity contribution is 7.89. The van der Waals surface area contributed by atoms with E-state index >= 15 is 0 Å². The SMILES string of the molecule is CN1C=C(C(N)=O)[C@@H]2C[C@H](O)[C@@](NC(=O)CS(N)(=O)=O)(C(=O)[O-])[C@@H]2C1. The number of nitrogens with one attached hydrogen (secondary N) is 1. The molecule has 1 aliphatic heterocycles. The van der Waals surface area contributed by atoms with Gasteiger partial charge in [-0.25, -0.2) is 13.6 Å². The normalized spacial score (nSPS) is 31.9. The molecule has 2 amide bonds. The number of rotatable bonds is 5. The summed E-state index contributed by atoms with van der Waals surface area (Å²) in [5.74, 6) is -6.58. The zero-order valence-corrected chi connectivity index (χ0v) is 14.2. The number of carboxylic acid groups (broad SMARTS) is 1. The molecule has 6 N–H and O–H groups in total. The third-order valence-electron chi connectivity index (χ3n) is 4.62. The van der Waals surface area contributed by atoms with Gasteiger partial charge in [0.1, 0.15) is 11.3 Å². The lowest BCUT2D eigenvalue weighted by Crippen LogP contribution is -2.69. The van der Waals surface area contributed by atoms with Crippen molar-refractivity contribution >= 4 is 27.8 Å². The topological polar surface area (TPSA) is 196 Å². The molecule has 1 aliphatic carbocycles. The average Bonchev–Trinajstić information content (AvgIpc) is 2.69. The Bertz CT molecular complexity index is 749. The number of amides is 2. The number of nitrogens with two attached hydrogens (primary N) is 2. The highest BCUT2D eigenvalue weighted by Crippen LogP contribution is 2.46. The van der Waals surface area contributed by atoms with Gasteiger partial charge in [0.25, 0.3) is 0 Å². The van der Waals surface area contributed by atoms with Crippen molar-refractivity contribution in [2.24, 2.45) is 22.7 Å². The molecule has 0 aromatic carbocycles. The fourth-order valence-corrected chi connectivity index (χ4v) is 4.11. The zero-order valence-electron chi connectivity index (χ0n) is 13.3. The average molecular weight is 375 g/mol. The van der Waals surface area contributed by atoms with Gasteiger partial charge in [0.05, 0.1) is 12.1 Å². The number of primary sulfonamides is 1. The predicted molar refractivity (Wildman–Crippen MR) is 81.4 cm³/mol. The Balaban J connectivity index is 2.44. The van der Waals surface area contributed by atoms with Crippen molar-refractivity contribution in [1.82, 2.24) is 10.2 Å². The van der Waals surface area contributed by atoms with Crippen LogP contribution >= 0.6 is 0 Å². The number of aliphatic hydroxyl groups excluding tert-OH is 1. The molecule has 25 heavy (non-hydrogen) atoms. The molecular formula is C13H19N4O7S-. The molecule has 140 valence electrons. The largest absolute Gasteiger partial charge is 0.547 e. The van der Waals surface area contributed by atoms with Crippen LogP contribution in [0.1, 0.15) is 6.42 Å². The number of carbonyl (C=O) groups excluding carboxylic acids is 3. The minimum absolute atomic E-state index is 0.0716. The van der Waals surface area contributed by atoms with Gasteiger partial charge in [-0.3, -0.25) is 9.59 Å². The molecule has 2 aliphatic rings. The molecular weight excluding hydrogens is 356 g/mol. The molecule has 0 aromatic rings. The Labute approximate surface area is 143 Å². The lowest BCUT2D eigenvalue weighted by molar-refractivity contribution is -0.318. The van der Waals surface area contributed by atoms with Crippen molar-refractivity contribution < 1.29 is 33.0 Å². The number of carboxylic acids is 1. The van der Waals surface area contributed by atoms with Gasteiger partial charge in [-0.2, -0.15) is 0 Å². The molecule has 1 heterocycles. The Morgan fingerprint density at radius 3 is 2.56 bits per heavy atom. The van der Waals surface area contributed by atoms with Gasteiger partial charge in [-0.15, -0.1) is 0 Å². The molecule has 0 radical (unpaired) electrons. The summed E-state index contributed by atoms with van der Waals surface area (Å²) in [6.45, 7) is 0.0716. The van der Waals surface area contributed by atoms with Crippen LogP contribution in [0, 0.1) is 11.8 Å². The monoisotopic (exact) mass is 375 g/mol. The first kappa shape index (κ1) is 19.1. The molecule has 0 bridgehead atoms. The number of hydrogen-bond acceptors (Lipinski definition) is 8. The number of aliphatic carboxylic acids is 1. The first-order chi connectivity index (χ1) is 11.4. The summed E-state index contributed by atoms with van der Waals surface area (Å²) in [5, 5.41) is 29.1. The van der Waals surface area contributed by atoms with Crippen LogP contribution in [-0.2, 0) is 24.4 Å².